The summed E-state index contributed by atoms with van der Waals surface area (Å²) in [5.41, 5.74) is 4.67. The zero-order valence-corrected chi connectivity index (χ0v) is 38.9. The minimum atomic E-state index is -3.40. The molecule has 0 aromatic heterocycles. The van der Waals surface area contributed by atoms with E-state index in [1.54, 1.807) is 7.11 Å². The van der Waals surface area contributed by atoms with E-state index in [-0.39, 0.29) is 65.8 Å². The first-order valence-electron chi connectivity index (χ1n) is 23.4. The van der Waals surface area contributed by atoms with Crippen LogP contribution in [0.3, 0.4) is 0 Å². The summed E-state index contributed by atoms with van der Waals surface area (Å²) in [6.07, 6.45) is 22.0. The summed E-state index contributed by atoms with van der Waals surface area (Å²) in [7, 11) is 1.78. The third-order valence-electron chi connectivity index (χ3n) is 18.5. The van der Waals surface area contributed by atoms with Crippen molar-refractivity contribution in [3.05, 3.63) is 60.8 Å². The lowest BCUT2D eigenvalue weighted by Gasteiger charge is -2.57. The molecule has 4 bridgehead atoms. The molecule has 2 aliphatic heterocycles. The summed E-state index contributed by atoms with van der Waals surface area (Å²) in [5, 5.41) is 9.40. The van der Waals surface area contributed by atoms with Crippen molar-refractivity contribution in [3.63, 3.8) is 0 Å². The molecule has 0 aromatic rings. The van der Waals surface area contributed by atoms with Crippen LogP contribution in [0.5, 0.6) is 0 Å². The fourth-order valence-electron chi connectivity index (χ4n) is 16.0. The lowest BCUT2D eigenvalue weighted by atomic mass is 9.46. The maximum atomic E-state index is 12.3. The fourth-order valence-corrected chi connectivity index (χ4v) is 17.0. The van der Waals surface area contributed by atoms with Gasteiger partial charge < -0.3 is 19.3 Å². The van der Waals surface area contributed by atoms with Crippen molar-refractivity contribution in [1.82, 2.24) is 0 Å². The molecule has 2 saturated heterocycles. The number of ketones is 3. The van der Waals surface area contributed by atoms with Gasteiger partial charge in [-0.3, -0.25) is 23.4 Å². The van der Waals surface area contributed by atoms with Crippen molar-refractivity contribution in [2.24, 2.45) is 69.0 Å². The molecule has 8 fully saturated rings. The first-order chi connectivity index (χ1) is 29.6. The van der Waals surface area contributed by atoms with Crippen LogP contribution in [0, 0.1) is 69.0 Å². The van der Waals surface area contributed by atoms with E-state index >= 15 is 0 Å². The quantitative estimate of drug-likeness (QED) is 0.158. The average Bonchev–Trinajstić information content (AvgIpc) is 3.96. The normalized spacial score (nSPS) is 43.0. The van der Waals surface area contributed by atoms with Gasteiger partial charge in [-0.2, -0.15) is 0 Å². The van der Waals surface area contributed by atoms with E-state index in [4.69, 9.17) is 25.5 Å². The van der Waals surface area contributed by atoms with Gasteiger partial charge in [-0.15, -0.1) is 13.2 Å². The average molecular weight is 898 g/mol. The Morgan fingerprint density at radius 2 is 1.26 bits per heavy atom. The Labute approximate surface area is 374 Å². The molecule has 62 heavy (non-hydrogen) atoms. The Bertz CT molecular complexity index is 1910. The van der Waals surface area contributed by atoms with Crippen LogP contribution in [0.25, 0.3) is 0 Å². The van der Waals surface area contributed by atoms with Gasteiger partial charge in [-0.1, -0.05) is 32.6 Å². The van der Waals surface area contributed by atoms with Crippen LogP contribution < -0.4 is 0 Å². The second-order valence-electron chi connectivity index (χ2n) is 20.9. The van der Waals surface area contributed by atoms with Gasteiger partial charge in [0.2, 0.25) is 0 Å². The van der Waals surface area contributed by atoms with Gasteiger partial charge in [0, 0.05) is 47.9 Å². The smallest absolute Gasteiger partial charge is 0.389 e. The van der Waals surface area contributed by atoms with Crippen LogP contribution in [-0.4, -0.2) is 81.4 Å². The Kier molecular flexibility index (Phi) is 13.5. The molecule has 12 heteroatoms. The van der Waals surface area contributed by atoms with Crippen LogP contribution >= 0.6 is 18.2 Å². The number of aliphatic hydroxyl groups is 1. The van der Waals surface area contributed by atoms with E-state index in [0.29, 0.717) is 53.8 Å². The number of fused-ring (bicyclic) bond motifs is 6. The van der Waals surface area contributed by atoms with Crippen LogP contribution in [-0.2, 0) is 42.2 Å². The van der Waals surface area contributed by atoms with Crippen LogP contribution in [0.2, 0.25) is 0 Å². The van der Waals surface area contributed by atoms with Crippen molar-refractivity contribution in [3.8, 4) is 0 Å². The highest BCUT2D eigenvalue weighted by atomic mass is 35.7. The molecule has 1 N–H and O–H groups in total. The van der Waals surface area contributed by atoms with Crippen molar-refractivity contribution in [1.29, 1.82) is 0 Å². The third kappa shape index (κ3) is 7.84. The molecular formula is C50H70ClO10P. The van der Waals surface area contributed by atoms with Crippen molar-refractivity contribution in [2.45, 2.75) is 116 Å². The van der Waals surface area contributed by atoms with E-state index in [0.717, 1.165) is 82.8 Å². The van der Waals surface area contributed by atoms with Gasteiger partial charge in [0.05, 0.1) is 45.2 Å². The number of carbonyl (C=O) groups is 3. The first-order valence-corrected chi connectivity index (χ1v) is 25.9. The SMILES string of the molecule is C=C(COC)[C@H]1CCC2C3C[C@H]4OC[C@@]5(CCC(=O)C=C45)C3CC[C@@]21C.C=CCOP(=O)(Cl)OCC=C.C[C@]12CCC3C(C[C@H]4OC[C@@]35CCC(=O)C=C45)C1CC[C@@H]2C(=O)CO. The van der Waals surface area contributed by atoms with Crippen molar-refractivity contribution < 1.29 is 47.3 Å². The maximum Gasteiger partial charge on any atom is 0.424 e. The minimum Gasteiger partial charge on any atom is -0.389 e. The van der Waals surface area contributed by atoms with Crippen LogP contribution in [0.4, 0.5) is 0 Å². The Morgan fingerprint density at radius 1 is 0.790 bits per heavy atom. The van der Waals surface area contributed by atoms with E-state index < -0.39 is 6.95 Å². The molecule has 0 amide bonds. The second kappa shape index (κ2) is 18.0. The van der Waals surface area contributed by atoms with Gasteiger partial charge in [0.1, 0.15) is 6.61 Å². The molecule has 0 spiro atoms. The first kappa shape index (κ1) is 46.5. The topological polar surface area (TPSA) is 135 Å². The molecular weight excluding hydrogens is 827 g/mol. The summed E-state index contributed by atoms with van der Waals surface area (Å²) < 4.78 is 38.1. The van der Waals surface area contributed by atoms with E-state index in [1.165, 1.54) is 54.6 Å². The molecule has 6 saturated carbocycles. The van der Waals surface area contributed by atoms with E-state index in [1.807, 2.05) is 12.2 Å². The predicted molar refractivity (Wildman–Crippen MR) is 238 cm³/mol. The maximum absolute atomic E-state index is 12.3. The highest BCUT2D eigenvalue weighted by Gasteiger charge is 2.66. The standard InChI is InChI=1S/C23H32O3.C21H28O4.C6H10ClO3P/c1-14(12-25-3)17-4-5-18-16-11-21-20-10-15(24)6-9-23(20,13-26-21)19(16)7-8-22(17,18)2;1-20-6-5-15-13(14(20)2-3-16(20)18(24)10-22)9-19-17-8-12(23)4-7-21(15,17)11-25-19;1-3-5-9-11(7,8)10-6-4-2/h10,16-19,21H,1,4-9,11-13H2,2-3H3;8,13-16,19,22H,2-7,9-11H2,1H3;3-4H,1-2,5-6H2/t16?,17-,18?,19?,21-,22-,23+;13?,14?,15?,16-,19-,20+,21+;/m11./s1. The number of carbonyl (C=O) groups excluding carboxylic acids is 3. The zero-order chi connectivity index (χ0) is 44.2. The van der Waals surface area contributed by atoms with Gasteiger partial charge >= 0.3 is 6.95 Å². The molecule has 10 aliphatic rings. The molecule has 0 radical (unpaired) electrons. The molecule has 8 aliphatic carbocycles. The second-order valence-corrected chi connectivity index (χ2v) is 23.6. The van der Waals surface area contributed by atoms with Gasteiger partial charge in [-0.05, 0) is 158 Å². The monoisotopic (exact) mass is 896 g/mol. The number of ether oxygens (including phenoxy) is 3. The highest BCUT2D eigenvalue weighted by Crippen LogP contribution is 2.71. The number of rotatable bonds is 11. The summed E-state index contributed by atoms with van der Waals surface area (Å²) in [6, 6.07) is 0. The molecule has 342 valence electrons. The molecule has 10 nitrogen and oxygen atoms in total. The highest BCUT2D eigenvalue weighted by molar-refractivity contribution is 7.81. The van der Waals surface area contributed by atoms with Gasteiger partial charge in [-0.25, -0.2) is 4.57 Å². The molecule has 6 unspecified atom stereocenters. The number of hydrogen-bond acceptors (Lipinski definition) is 10. The number of aliphatic hydroxyl groups excluding tert-OH is 1. The Hall–Kier alpha value is -2.01. The Balaban J connectivity index is 0.000000139. The summed E-state index contributed by atoms with van der Waals surface area (Å²) in [6.45, 7) is 14.8. The fraction of sp³-hybridized carbons (Fsp3) is 0.740. The van der Waals surface area contributed by atoms with E-state index in [9.17, 15) is 24.1 Å². The van der Waals surface area contributed by atoms with Gasteiger partial charge in [0.25, 0.3) is 0 Å². The zero-order valence-electron chi connectivity index (χ0n) is 37.3. The largest absolute Gasteiger partial charge is 0.424 e. The minimum absolute atomic E-state index is 0.0318. The molecule has 10 rings (SSSR count). The third-order valence-corrected chi connectivity index (χ3v) is 20.0. The summed E-state index contributed by atoms with van der Waals surface area (Å²) in [4.78, 5) is 36.4. The predicted octanol–water partition coefficient (Wildman–Crippen LogP) is 9.75. The van der Waals surface area contributed by atoms with Crippen LogP contribution in [0.1, 0.15) is 104 Å². The summed E-state index contributed by atoms with van der Waals surface area (Å²) >= 11 is 5.31. The number of Topliss-reactive ketones (excluding diaryl/α,β-unsaturated/α-hetero) is 1. The number of halogens is 1. The lowest BCUT2D eigenvalue weighted by Crippen LogP contribution is -2.53. The molecule has 14 atom stereocenters. The molecule has 0 aromatic carbocycles. The molecule has 2 heterocycles. The summed E-state index contributed by atoms with van der Waals surface area (Å²) in [5.74, 6) is 5.29. The van der Waals surface area contributed by atoms with Crippen molar-refractivity contribution >= 4 is 35.5 Å². The number of methoxy groups -OCH3 is 1. The van der Waals surface area contributed by atoms with E-state index in [2.05, 4.69) is 42.6 Å². The Morgan fingerprint density at radius 3 is 1.71 bits per heavy atom. The van der Waals surface area contributed by atoms with Crippen LogP contribution in [0.15, 0.2) is 60.8 Å². The van der Waals surface area contributed by atoms with Gasteiger partial charge in [0.15, 0.2) is 17.3 Å². The number of hydrogen-bond donors (Lipinski definition) is 1. The van der Waals surface area contributed by atoms with Crippen molar-refractivity contribution in [2.75, 3.05) is 46.8 Å². The lowest BCUT2D eigenvalue weighted by molar-refractivity contribution is -0.132.